The lowest BCUT2D eigenvalue weighted by Crippen LogP contribution is -2.52. The molecule has 1 aromatic carbocycles. The van der Waals surface area contributed by atoms with Crippen LogP contribution in [0.5, 0.6) is 5.75 Å². The number of fused-ring (bicyclic) bond motifs is 1. The largest absolute Gasteiger partial charge is 0.482 e. The highest BCUT2D eigenvalue weighted by Gasteiger charge is 2.29. The van der Waals surface area contributed by atoms with E-state index in [4.69, 9.17) is 16.3 Å². The summed E-state index contributed by atoms with van der Waals surface area (Å²) in [5, 5.41) is 0.508. The molecule has 0 saturated carbocycles. The molecule has 2 aliphatic heterocycles. The van der Waals surface area contributed by atoms with Gasteiger partial charge in [0.2, 0.25) is 5.91 Å². The summed E-state index contributed by atoms with van der Waals surface area (Å²) < 4.78 is 5.38. The normalized spacial score (nSPS) is 18.9. The molecule has 1 saturated heterocycles. The Balaban J connectivity index is 1.75. The molecule has 0 radical (unpaired) electrons. The zero-order valence-corrected chi connectivity index (χ0v) is 13.2. The molecular weight excluding hydrogens is 306 g/mol. The van der Waals surface area contributed by atoms with Gasteiger partial charge in [0.15, 0.2) is 6.61 Å². The van der Waals surface area contributed by atoms with E-state index < -0.39 is 0 Å². The predicted octanol–water partition coefficient (Wildman–Crippen LogP) is 0.839. The first-order valence-electron chi connectivity index (χ1n) is 7.23. The maximum Gasteiger partial charge on any atom is 0.265 e. The summed E-state index contributed by atoms with van der Waals surface area (Å²) in [5.41, 5.74) is 0.561. The third-order valence-electron chi connectivity index (χ3n) is 4.01. The van der Waals surface area contributed by atoms with Crippen LogP contribution in [0, 0.1) is 0 Å². The minimum Gasteiger partial charge on any atom is -0.482 e. The number of ether oxygens (including phenoxy) is 1. The lowest BCUT2D eigenvalue weighted by Gasteiger charge is -2.35. The maximum absolute atomic E-state index is 12.5. The third-order valence-corrected chi connectivity index (χ3v) is 4.25. The van der Waals surface area contributed by atoms with Crippen LogP contribution in [-0.2, 0) is 9.59 Å². The van der Waals surface area contributed by atoms with Crippen molar-refractivity contribution in [1.82, 2.24) is 9.80 Å². The van der Waals surface area contributed by atoms with E-state index in [0.29, 0.717) is 29.5 Å². The van der Waals surface area contributed by atoms with Crippen molar-refractivity contribution < 1.29 is 14.3 Å². The van der Waals surface area contributed by atoms with E-state index in [2.05, 4.69) is 4.90 Å². The Kier molecular flexibility index (Phi) is 4.22. The van der Waals surface area contributed by atoms with E-state index in [0.717, 1.165) is 13.1 Å². The molecule has 6 nitrogen and oxygen atoms in total. The average Bonchev–Trinajstić information content (AvgIpc) is 2.51. The predicted molar refractivity (Wildman–Crippen MR) is 83.4 cm³/mol. The molecule has 0 bridgehead atoms. The van der Waals surface area contributed by atoms with Gasteiger partial charge in [-0.05, 0) is 25.2 Å². The summed E-state index contributed by atoms with van der Waals surface area (Å²) in [6.07, 6.45) is 0. The van der Waals surface area contributed by atoms with E-state index in [9.17, 15) is 9.59 Å². The van der Waals surface area contributed by atoms with Gasteiger partial charge in [-0.3, -0.25) is 14.5 Å². The second-order valence-corrected chi connectivity index (χ2v) is 6.00. The summed E-state index contributed by atoms with van der Waals surface area (Å²) in [6, 6.07) is 5.08. The smallest absolute Gasteiger partial charge is 0.265 e. The molecule has 0 N–H and O–H groups in total. The topological polar surface area (TPSA) is 53.1 Å². The first kappa shape index (κ1) is 15.1. The van der Waals surface area contributed by atoms with Crippen LogP contribution in [0.1, 0.15) is 0 Å². The van der Waals surface area contributed by atoms with Crippen molar-refractivity contribution in [1.29, 1.82) is 0 Å². The summed E-state index contributed by atoms with van der Waals surface area (Å²) in [5.74, 6) is 0.307. The molecule has 2 aliphatic rings. The van der Waals surface area contributed by atoms with Crippen LogP contribution in [0.2, 0.25) is 5.02 Å². The second kappa shape index (κ2) is 6.14. The van der Waals surface area contributed by atoms with Gasteiger partial charge in [0.05, 0.1) is 5.69 Å². The molecule has 1 fully saturated rings. The highest BCUT2D eigenvalue weighted by Crippen LogP contribution is 2.34. The number of amides is 2. The highest BCUT2D eigenvalue weighted by molar-refractivity contribution is 6.31. The molecule has 0 atom stereocenters. The lowest BCUT2D eigenvalue weighted by atomic mass is 10.2. The summed E-state index contributed by atoms with van der Waals surface area (Å²) in [4.78, 5) is 30.0. The quantitative estimate of drug-likeness (QED) is 0.809. The van der Waals surface area contributed by atoms with Gasteiger partial charge in [-0.2, -0.15) is 0 Å². The number of hydrogen-bond acceptors (Lipinski definition) is 4. The highest BCUT2D eigenvalue weighted by atomic mass is 35.5. The van der Waals surface area contributed by atoms with Gasteiger partial charge in [-0.1, -0.05) is 11.6 Å². The number of anilines is 1. The number of rotatable bonds is 2. The molecule has 0 unspecified atom stereocenters. The van der Waals surface area contributed by atoms with Crippen molar-refractivity contribution in [2.45, 2.75) is 0 Å². The summed E-state index contributed by atoms with van der Waals surface area (Å²) >= 11 is 6.00. The molecule has 0 aromatic heterocycles. The Morgan fingerprint density at radius 1 is 1.27 bits per heavy atom. The Morgan fingerprint density at radius 2 is 2.00 bits per heavy atom. The van der Waals surface area contributed by atoms with Gasteiger partial charge >= 0.3 is 0 Å². The lowest BCUT2D eigenvalue weighted by molar-refractivity contribution is -0.133. The van der Waals surface area contributed by atoms with Crippen LogP contribution in [0.15, 0.2) is 18.2 Å². The van der Waals surface area contributed by atoms with Crippen molar-refractivity contribution in [3.05, 3.63) is 23.2 Å². The van der Waals surface area contributed by atoms with E-state index in [1.165, 1.54) is 4.90 Å². The number of likely N-dealkylation sites (N-methyl/N-ethyl adjacent to an activating group) is 1. The Morgan fingerprint density at radius 3 is 2.73 bits per heavy atom. The first-order chi connectivity index (χ1) is 10.5. The Labute approximate surface area is 134 Å². The van der Waals surface area contributed by atoms with Gasteiger partial charge in [0.1, 0.15) is 12.3 Å². The van der Waals surface area contributed by atoms with Gasteiger partial charge < -0.3 is 14.5 Å². The molecule has 3 rings (SSSR count). The number of carbonyl (C=O) groups is 2. The molecule has 0 aliphatic carbocycles. The number of benzene rings is 1. The average molecular weight is 324 g/mol. The van der Waals surface area contributed by atoms with E-state index in [-0.39, 0.29) is 25.0 Å². The molecule has 1 aromatic rings. The van der Waals surface area contributed by atoms with Gasteiger partial charge in [0.25, 0.3) is 5.91 Å². The fourth-order valence-electron chi connectivity index (χ4n) is 2.64. The number of halogens is 1. The van der Waals surface area contributed by atoms with Crippen molar-refractivity contribution in [3.63, 3.8) is 0 Å². The van der Waals surface area contributed by atoms with Gasteiger partial charge in [-0.15, -0.1) is 0 Å². The van der Waals surface area contributed by atoms with Crippen LogP contribution in [0.25, 0.3) is 0 Å². The molecule has 2 heterocycles. The fourth-order valence-corrected chi connectivity index (χ4v) is 2.81. The van der Waals surface area contributed by atoms with Gasteiger partial charge in [-0.25, -0.2) is 0 Å². The minimum atomic E-state index is -0.225. The van der Waals surface area contributed by atoms with Crippen molar-refractivity contribution in [2.75, 3.05) is 51.3 Å². The Bertz CT molecular complexity index is 600. The van der Waals surface area contributed by atoms with E-state index in [1.54, 1.807) is 23.1 Å². The van der Waals surface area contributed by atoms with Crippen molar-refractivity contribution >= 4 is 29.1 Å². The fraction of sp³-hybridized carbons (Fsp3) is 0.467. The maximum atomic E-state index is 12.5. The SMILES string of the molecule is CN1CCN(C(=O)CN2C(=O)COc3ccc(Cl)cc32)CC1. The van der Waals surface area contributed by atoms with Crippen LogP contribution in [0.3, 0.4) is 0 Å². The first-order valence-corrected chi connectivity index (χ1v) is 7.61. The van der Waals surface area contributed by atoms with Gasteiger partial charge in [0, 0.05) is 31.2 Å². The third kappa shape index (κ3) is 3.03. The van der Waals surface area contributed by atoms with Crippen molar-refractivity contribution in [2.24, 2.45) is 0 Å². The molecule has 0 spiro atoms. The Hall–Kier alpha value is -1.79. The number of hydrogen-bond donors (Lipinski definition) is 0. The zero-order chi connectivity index (χ0) is 15.7. The van der Waals surface area contributed by atoms with Crippen LogP contribution >= 0.6 is 11.6 Å². The molecule has 7 heteroatoms. The molecule has 118 valence electrons. The molecule has 22 heavy (non-hydrogen) atoms. The van der Waals surface area contributed by atoms with E-state index in [1.807, 2.05) is 7.05 Å². The van der Waals surface area contributed by atoms with Crippen LogP contribution < -0.4 is 9.64 Å². The summed E-state index contributed by atoms with van der Waals surface area (Å²) in [7, 11) is 2.03. The number of carbonyl (C=O) groups excluding carboxylic acids is 2. The molecular formula is C15H18ClN3O3. The van der Waals surface area contributed by atoms with Crippen molar-refractivity contribution in [3.8, 4) is 5.75 Å². The monoisotopic (exact) mass is 323 g/mol. The standard InChI is InChI=1S/C15H18ClN3O3/c1-17-4-6-18(7-5-17)14(20)9-19-12-8-11(16)2-3-13(12)22-10-15(19)21/h2-3,8H,4-7,9-10H2,1H3. The zero-order valence-electron chi connectivity index (χ0n) is 12.4. The number of piperazine rings is 1. The minimum absolute atomic E-state index is 0.0270. The number of nitrogens with zero attached hydrogens (tertiary/aromatic N) is 3. The summed E-state index contributed by atoms with van der Waals surface area (Å²) in [6.45, 7) is 3.06. The molecule has 2 amide bonds. The van der Waals surface area contributed by atoms with Crippen LogP contribution in [0.4, 0.5) is 5.69 Å². The van der Waals surface area contributed by atoms with E-state index >= 15 is 0 Å². The van der Waals surface area contributed by atoms with Crippen LogP contribution in [-0.4, -0.2) is 68.0 Å². The second-order valence-electron chi connectivity index (χ2n) is 5.56.